The van der Waals surface area contributed by atoms with Crippen molar-refractivity contribution in [3.63, 3.8) is 0 Å². The molecular formula is C13H7Cl2F4N. The SMILES string of the molecule is Fc1cc(Cl)c(NCc2cc(F)c(F)cc2F)c(Cl)c1. The minimum atomic E-state index is -1.27. The van der Waals surface area contributed by atoms with Crippen LogP contribution in [-0.2, 0) is 6.54 Å². The quantitative estimate of drug-likeness (QED) is 0.607. The molecule has 7 heteroatoms. The summed E-state index contributed by atoms with van der Waals surface area (Å²) in [6, 6.07) is 3.22. The standard InChI is InChI=1S/C13H7Cl2F4N/c14-8-2-7(16)3-9(15)13(8)20-5-6-1-11(18)12(19)4-10(6)17/h1-4,20H,5H2. The summed E-state index contributed by atoms with van der Waals surface area (Å²) in [6.07, 6.45) is 0. The molecule has 0 aliphatic rings. The highest BCUT2D eigenvalue weighted by atomic mass is 35.5. The monoisotopic (exact) mass is 323 g/mol. The molecule has 2 aromatic rings. The number of nitrogens with one attached hydrogen (secondary N) is 1. The van der Waals surface area contributed by atoms with Crippen molar-refractivity contribution in [2.24, 2.45) is 0 Å². The molecule has 106 valence electrons. The number of benzene rings is 2. The Morgan fingerprint density at radius 2 is 1.35 bits per heavy atom. The predicted molar refractivity (Wildman–Crippen MR) is 70.1 cm³/mol. The lowest BCUT2D eigenvalue weighted by Crippen LogP contribution is -2.04. The minimum absolute atomic E-state index is 0.00186. The largest absolute Gasteiger partial charge is 0.378 e. The Labute approximate surface area is 122 Å². The van der Waals surface area contributed by atoms with Crippen molar-refractivity contribution in [3.8, 4) is 0 Å². The zero-order chi connectivity index (χ0) is 14.9. The molecule has 0 atom stereocenters. The smallest absolute Gasteiger partial charge is 0.161 e. The van der Waals surface area contributed by atoms with Crippen molar-refractivity contribution in [3.05, 3.63) is 63.1 Å². The van der Waals surface area contributed by atoms with Crippen LogP contribution in [0.5, 0.6) is 0 Å². The molecule has 0 saturated heterocycles. The lowest BCUT2D eigenvalue weighted by atomic mass is 10.2. The van der Waals surface area contributed by atoms with Crippen molar-refractivity contribution in [1.82, 2.24) is 0 Å². The molecule has 0 bridgehead atoms. The third-order valence-electron chi connectivity index (χ3n) is 2.55. The molecule has 0 fully saturated rings. The van der Waals surface area contributed by atoms with Crippen LogP contribution in [0.2, 0.25) is 10.0 Å². The summed E-state index contributed by atoms with van der Waals surface area (Å²) in [6.45, 7) is -0.186. The van der Waals surface area contributed by atoms with Crippen molar-refractivity contribution in [2.45, 2.75) is 6.54 Å². The van der Waals surface area contributed by atoms with E-state index in [0.717, 1.165) is 18.2 Å². The van der Waals surface area contributed by atoms with E-state index in [4.69, 9.17) is 23.2 Å². The van der Waals surface area contributed by atoms with E-state index < -0.39 is 23.3 Å². The average Bonchev–Trinajstić information content (AvgIpc) is 2.33. The van der Waals surface area contributed by atoms with Gasteiger partial charge >= 0.3 is 0 Å². The Morgan fingerprint density at radius 3 is 1.95 bits per heavy atom. The van der Waals surface area contributed by atoms with Crippen molar-refractivity contribution in [2.75, 3.05) is 5.32 Å². The second-order valence-electron chi connectivity index (χ2n) is 3.96. The van der Waals surface area contributed by atoms with Gasteiger partial charge in [0, 0.05) is 18.2 Å². The van der Waals surface area contributed by atoms with Crippen molar-refractivity contribution >= 4 is 28.9 Å². The number of anilines is 1. The Morgan fingerprint density at radius 1 is 0.800 bits per heavy atom. The third kappa shape index (κ3) is 3.16. The van der Waals surface area contributed by atoms with Gasteiger partial charge in [0.1, 0.15) is 11.6 Å². The van der Waals surface area contributed by atoms with Crippen LogP contribution < -0.4 is 5.32 Å². The second kappa shape index (κ2) is 5.89. The summed E-state index contributed by atoms with van der Waals surface area (Å²) in [7, 11) is 0. The Kier molecular flexibility index (Phi) is 4.40. The first-order valence-corrected chi connectivity index (χ1v) is 6.16. The van der Waals surface area contributed by atoms with Gasteiger partial charge in [0.15, 0.2) is 11.6 Å². The molecule has 0 unspecified atom stereocenters. The molecule has 1 N–H and O–H groups in total. The van der Waals surface area contributed by atoms with Gasteiger partial charge in [0.25, 0.3) is 0 Å². The lowest BCUT2D eigenvalue weighted by molar-refractivity contribution is 0.490. The van der Waals surface area contributed by atoms with Gasteiger partial charge in [-0.25, -0.2) is 17.6 Å². The zero-order valence-corrected chi connectivity index (χ0v) is 11.3. The van der Waals surface area contributed by atoms with Gasteiger partial charge in [-0.3, -0.25) is 0 Å². The maximum Gasteiger partial charge on any atom is 0.161 e. The van der Waals surface area contributed by atoms with Crippen molar-refractivity contribution < 1.29 is 17.6 Å². The molecule has 0 aliphatic heterocycles. The molecule has 0 aliphatic carbocycles. The summed E-state index contributed by atoms with van der Waals surface area (Å²) < 4.78 is 52.2. The fourth-order valence-corrected chi connectivity index (χ4v) is 2.19. The molecule has 0 heterocycles. The molecule has 2 aromatic carbocycles. The summed E-state index contributed by atoms with van der Waals surface area (Å²) in [4.78, 5) is 0. The van der Waals surface area contributed by atoms with Gasteiger partial charge in [0.05, 0.1) is 15.7 Å². The van der Waals surface area contributed by atoms with Crippen LogP contribution in [0, 0.1) is 23.3 Å². The summed E-state index contributed by atoms with van der Waals surface area (Å²) in [5.41, 5.74) is 0.0687. The molecule has 20 heavy (non-hydrogen) atoms. The zero-order valence-electron chi connectivity index (χ0n) is 9.78. The van der Waals surface area contributed by atoms with Gasteiger partial charge in [-0.05, 0) is 18.2 Å². The Bertz CT molecular complexity index is 638. The highest BCUT2D eigenvalue weighted by molar-refractivity contribution is 6.39. The van der Waals surface area contributed by atoms with E-state index in [0.29, 0.717) is 6.07 Å². The first-order chi connectivity index (χ1) is 9.38. The molecule has 0 radical (unpaired) electrons. The van der Waals surface area contributed by atoms with E-state index in [1.165, 1.54) is 0 Å². The maximum atomic E-state index is 13.4. The summed E-state index contributed by atoms with van der Waals surface area (Å²) in [5.74, 6) is -3.97. The summed E-state index contributed by atoms with van der Waals surface area (Å²) >= 11 is 11.6. The van der Waals surface area contributed by atoms with Crippen LogP contribution >= 0.6 is 23.2 Å². The van der Waals surface area contributed by atoms with Gasteiger partial charge in [-0.1, -0.05) is 23.2 Å². The number of hydrogen-bond donors (Lipinski definition) is 1. The van der Waals surface area contributed by atoms with Crippen LogP contribution in [0.1, 0.15) is 5.56 Å². The lowest BCUT2D eigenvalue weighted by Gasteiger charge is -2.11. The molecular weight excluding hydrogens is 317 g/mol. The fraction of sp³-hybridized carbons (Fsp3) is 0.0769. The topological polar surface area (TPSA) is 12.0 Å². The van der Waals surface area contributed by atoms with E-state index in [1.807, 2.05) is 0 Å². The molecule has 0 spiro atoms. The highest BCUT2D eigenvalue weighted by Gasteiger charge is 2.12. The van der Waals surface area contributed by atoms with E-state index in [9.17, 15) is 17.6 Å². The van der Waals surface area contributed by atoms with Gasteiger partial charge in [-0.15, -0.1) is 0 Å². The van der Waals surface area contributed by atoms with Crippen LogP contribution in [0.25, 0.3) is 0 Å². The summed E-state index contributed by atoms with van der Waals surface area (Å²) in [5, 5.41) is 2.65. The minimum Gasteiger partial charge on any atom is -0.378 e. The molecule has 1 nitrogen and oxygen atoms in total. The number of halogens is 6. The Balaban J connectivity index is 2.23. The molecule has 0 saturated carbocycles. The van der Waals surface area contributed by atoms with Crippen molar-refractivity contribution in [1.29, 1.82) is 0 Å². The van der Waals surface area contributed by atoms with E-state index >= 15 is 0 Å². The third-order valence-corrected chi connectivity index (χ3v) is 3.15. The van der Waals surface area contributed by atoms with Crippen LogP contribution in [-0.4, -0.2) is 0 Å². The number of hydrogen-bond acceptors (Lipinski definition) is 1. The van der Waals surface area contributed by atoms with E-state index in [1.54, 1.807) is 0 Å². The average molecular weight is 324 g/mol. The van der Waals surface area contributed by atoms with Crippen LogP contribution in [0.15, 0.2) is 24.3 Å². The van der Waals surface area contributed by atoms with Crippen LogP contribution in [0.4, 0.5) is 23.2 Å². The Hall–Kier alpha value is -1.46. The number of rotatable bonds is 3. The molecule has 0 aromatic heterocycles. The molecule has 2 rings (SSSR count). The highest BCUT2D eigenvalue weighted by Crippen LogP contribution is 2.31. The van der Waals surface area contributed by atoms with Crippen LogP contribution in [0.3, 0.4) is 0 Å². The fourth-order valence-electron chi connectivity index (χ4n) is 1.59. The molecule has 0 amide bonds. The predicted octanol–water partition coefficient (Wildman–Crippen LogP) is 5.16. The van der Waals surface area contributed by atoms with E-state index in [-0.39, 0.29) is 27.8 Å². The first kappa shape index (κ1) is 14.9. The maximum absolute atomic E-state index is 13.4. The normalized spacial score (nSPS) is 10.7. The van der Waals surface area contributed by atoms with Gasteiger partial charge in [0.2, 0.25) is 0 Å². The van der Waals surface area contributed by atoms with E-state index in [2.05, 4.69) is 5.32 Å². The first-order valence-electron chi connectivity index (χ1n) is 5.40. The van der Waals surface area contributed by atoms with Gasteiger partial charge in [-0.2, -0.15) is 0 Å². The van der Waals surface area contributed by atoms with Gasteiger partial charge < -0.3 is 5.32 Å². The second-order valence-corrected chi connectivity index (χ2v) is 4.77.